The summed E-state index contributed by atoms with van der Waals surface area (Å²) in [4.78, 5) is 44.1. The molecule has 2 amide bonds. The lowest BCUT2D eigenvalue weighted by Crippen LogP contribution is -2.72. The lowest BCUT2D eigenvalue weighted by atomic mass is 9.94. The highest BCUT2D eigenvalue weighted by atomic mass is 32.2. The number of hydrogen-bond donors (Lipinski definition) is 3. The minimum Gasteiger partial charge on any atom is -0.466 e. The molecular weight excluding hydrogens is 430 g/mol. The Morgan fingerprint density at radius 3 is 2.69 bits per heavy atom. The third kappa shape index (κ3) is 5.39. The van der Waals surface area contributed by atoms with Gasteiger partial charge in [-0.3, -0.25) is 18.9 Å². The first-order valence-corrected chi connectivity index (χ1v) is 10.4. The van der Waals surface area contributed by atoms with Crippen LogP contribution in [0.3, 0.4) is 0 Å². The third-order valence-electron chi connectivity index (χ3n) is 3.82. The molecule has 0 unspecified atom stereocenters. The standard InChI is InChI=1S/C14H19N5O8S2/c1-7(20)27-5-3-4-9-11(13(22)19(9)29(23,24)25)17-12(21)10(18-26-2)8-6-28-14(15)16-8/h6,9,11H,3-5H2,1-2H3,(H2,15,16)(H,17,21)(H,23,24,25)/t9-,11-/m0/s1. The quantitative estimate of drug-likeness (QED) is 0.104. The molecule has 2 atom stereocenters. The lowest BCUT2D eigenvalue weighted by molar-refractivity contribution is -0.146. The van der Waals surface area contributed by atoms with E-state index >= 15 is 0 Å². The molecule has 29 heavy (non-hydrogen) atoms. The molecule has 0 aromatic carbocycles. The van der Waals surface area contributed by atoms with E-state index in [0.29, 0.717) is 0 Å². The van der Waals surface area contributed by atoms with Gasteiger partial charge in [0.05, 0.1) is 12.6 Å². The van der Waals surface area contributed by atoms with Crippen LogP contribution in [-0.2, 0) is 34.3 Å². The van der Waals surface area contributed by atoms with Crippen molar-refractivity contribution < 1.29 is 36.9 Å². The molecule has 2 heterocycles. The van der Waals surface area contributed by atoms with Crippen LogP contribution in [0.1, 0.15) is 25.5 Å². The summed E-state index contributed by atoms with van der Waals surface area (Å²) in [5.41, 5.74) is 5.38. The predicted molar refractivity (Wildman–Crippen MR) is 100 cm³/mol. The molecule has 1 saturated heterocycles. The van der Waals surface area contributed by atoms with Crippen molar-refractivity contribution in [2.24, 2.45) is 5.16 Å². The van der Waals surface area contributed by atoms with Crippen molar-refractivity contribution in [1.29, 1.82) is 0 Å². The van der Waals surface area contributed by atoms with E-state index in [9.17, 15) is 27.4 Å². The number of rotatable bonds is 9. The molecule has 4 N–H and O–H groups in total. The van der Waals surface area contributed by atoms with Crippen molar-refractivity contribution in [3.05, 3.63) is 11.1 Å². The fourth-order valence-corrected chi connectivity index (χ4v) is 4.11. The Hall–Kier alpha value is -2.78. The summed E-state index contributed by atoms with van der Waals surface area (Å²) in [6.45, 7) is 1.19. The number of nitrogens with one attached hydrogen (secondary N) is 1. The van der Waals surface area contributed by atoms with Crippen LogP contribution >= 0.6 is 11.3 Å². The van der Waals surface area contributed by atoms with Gasteiger partial charge < -0.3 is 20.6 Å². The van der Waals surface area contributed by atoms with Crippen LogP contribution in [0, 0.1) is 0 Å². The smallest absolute Gasteiger partial charge is 0.362 e. The Bertz CT molecular complexity index is 928. The maximum absolute atomic E-state index is 12.6. The van der Waals surface area contributed by atoms with Crippen LogP contribution in [-0.4, -0.2) is 71.6 Å². The van der Waals surface area contributed by atoms with Gasteiger partial charge in [0.25, 0.3) is 11.8 Å². The predicted octanol–water partition coefficient (Wildman–Crippen LogP) is -1.08. The molecule has 160 valence electrons. The zero-order valence-electron chi connectivity index (χ0n) is 15.4. The first-order valence-electron chi connectivity index (χ1n) is 8.13. The summed E-state index contributed by atoms with van der Waals surface area (Å²) in [6.07, 6.45) is 0.224. The first kappa shape index (κ1) is 22.5. The van der Waals surface area contributed by atoms with Crippen LogP contribution < -0.4 is 11.1 Å². The Labute approximate surface area is 169 Å². The number of amides is 2. The van der Waals surface area contributed by atoms with Gasteiger partial charge in [-0.1, -0.05) is 5.16 Å². The van der Waals surface area contributed by atoms with Crippen molar-refractivity contribution in [3.63, 3.8) is 0 Å². The van der Waals surface area contributed by atoms with Gasteiger partial charge in [-0.2, -0.15) is 8.42 Å². The number of anilines is 1. The molecule has 1 aliphatic rings. The topological polar surface area (TPSA) is 191 Å². The summed E-state index contributed by atoms with van der Waals surface area (Å²) in [6, 6.07) is -2.32. The fourth-order valence-electron chi connectivity index (χ4n) is 2.66. The van der Waals surface area contributed by atoms with Crippen LogP contribution in [0.5, 0.6) is 0 Å². The highest BCUT2D eigenvalue weighted by Crippen LogP contribution is 2.27. The number of esters is 1. The minimum atomic E-state index is -4.82. The van der Waals surface area contributed by atoms with Crippen molar-refractivity contribution in [2.75, 3.05) is 19.5 Å². The van der Waals surface area contributed by atoms with Gasteiger partial charge in [0.2, 0.25) is 0 Å². The zero-order chi connectivity index (χ0) is 21.8. The van der Waals surface area contributed by atoms with Gasteiger partial charge in [0.15, 0.2) is 10.8 Å². The third-order valence-corrected chi connectivity index (χ3v) is 5.44. The molecule has 1 aromatic rings. The summed E-state index contributed by atoms with van der Waals surface area (Å²) in [5.74, 6) is -2.39. The van der Waals surface area contributed by atoms with Crippen molar-refractivity contribution >= 4 is 50.3 Å². The number of carbonyl (C=O) groups is 3. The van der Waals surface area contributed by atoms with E-state index in [-0.39, 0.29) is 40.3 Å². The van der Waals surface area contributed by atoms with E-state index in [1.165, 1.54) is 19.4 Å². The SMILES string of the molecule is CON=C(C(=O)N[C@@H]1C(=O)N(S(=O)(=O)O)[C@H]1CCCOC(C)=O)c1csc(N)n1. The molecule has 15 heteroatoms. The van der Waals surface area contributed by atoms with Crippen LogP contribution in [0.15, 0.2) is 10.5 Å². The zero-order valence-corrected chi connectivity index (χ0v) is 17.0. The molecule has 1 aliphatic heterocycles. The van der Waals surface area contributed by atoms with E-state index in [1.54, 1.807) is 0 Å². The average molecular weight is 449 g/mol. The first-order chi connectivity index (χ1) is 13.6. The average Bonchev–Trinajstić information content (AvgIpc) is 3.04. The van der Waals surface area contributed by atoms with E-state index in [2.05, 4.69) is 20.3 Å². The number of carbonyl (C=O) groups excluding carboxylic acids is 3. The van der Waals surface area contributed by atoms with Gasteiger partial charge in [-0.25, -0.2) is 9.29 Å². The second-order valence-electron chi connectivity index (χ2n) is 5.81. The minimum absolute atomic E-state index is 0.0194. The Kier molecular flexibility index (Phi) is 7.10. The molecule has 0 radical (unpaired) electrons. The molecule has 1 fully saturated rings. The van der Waals surface area contributed by atoms with Gasteiger partial charge in [-0.05, 0) is 12.8 Å². The van der Waals surface area contributed by atoms with Crippen LogP contribution in [0.4, 0.5) is 5.13 Å². The molecule has 13 nitrogen and oxygen atoms in total. The van der Waals surface area contributed by atoms with Crippen LogP contribution in [0.2, 0.25) is 0 Å². The molecule has 0 aliphatic carbocycles. The van der Waals surface area contributed by atoms with Crippen molar-refractivity contribution in [2.45, 2.75) is 31.8 Å². The molecular formula is C14H19N5O8S2. The lowest BCUT2D eigenvalue weighted by Gasteiger charge is -2.44. The summed E-state index contributed by atoms with van der Waals surface area (Å²) in [7, 11) is -3.62. The number of thiazole rings is 1. The highest BCUT2D eigenvalue weighted by molar-refractivity contribution is 7.84. The Morgan fingerprint density at radius 1 is 1.48 bits per heavy atom. The molecule has 2 rings (SSSR count). The molecule has 0 spiro atoms. The number of aromatic nitrogens is 1. The molecule has 1 aromatic heterocycles. The summed E-state index contributed by atoms with van der Waals surface area (Å²) < 4.78 is 37.2. The van der Waals surface area contributed by atoms with Crippen LogP contribution in [0.25, 0.3) is 0 Å². The van der Waals surface area contributed by atoms with E-state index < -0.39 is 40.2 Å². The number of nitrogens with zero attached hydrogens (tertiary/aromatic N) is 3. The maximum Gasteiger partial charge on any atom is 0.362 e. The summed E-state index contributed by atoms with van der Waals surface area (Å²) >= 11 is 1.06. The number of hydrogen-bond acceptors (Lipinski definition) is 11. The second-order valence-corrected chi connectivity index (χ2v) is 7.98. The number of nitrogens with two attached hydrogens (primary N) is 1. The number of oxime groups is 1. The van der Waals surface area contributed by atoms with E-state index in [1.807, 2.05) is 0 Å². The van der Waals surface area contributed by atoms with Gasteiger partial charge in [-0.15, -0.1) is 11.3 Å². The number of β-lactam (4-membered cyclic amide) rings is 1. The number of nitrogen functional groups attached to an aromatic ring is 1. The molecule has 0 bridgehead atoms. The highest BCUT2D eigenvalue weighted by Gasteiger charge is 2.53. The van der Waals surface area contributed by atoms with E-state index in [0.717, 1.165) is 11.3 Å². The summed E-state index contributed by atoms with van der Waals surface area (Å²) in [5, 5.41) is 7.57. The van der Waals surface area contributed by atoms with E-state index in [4.69, 9.17) is 10.5 Å². The number of ether oxygens (including phenoxy) is 1. The normalized spacial score (nSPS) is 19.5. The van der Waals surface area contributed by atoms with Crippen molar-refractivity contribution in [3.8, 4) is 0 Å². The Balaban J connectivity index is 2.14. The monoisotopic (exact) mass is 449 g/mol. The van der Waals surface area contributed by atoms with Crippen molar-refractivity contribution in [1.82, 2.24) is 14.6 Å². The van der Waals surface area contributed by atoms with Gasteiger partial charge in [0, 0.05) is 12.3 Å². The molecule has 0 saturated carbocycles. The Morgan fingerprint density at radius 2 is 2.17 bits per heavy atom. The van der Waals surface area contributed by atoms with Gasteiger partial charge in [0.1, 0.15) is 18.8 Å². The second kappa shape index (κ2) is 9.15. The fraction of sp³-hybridized carbons (Fsp3) is 0.500. The maximum atomic E-state index is 12.6. The van der Waals surface area contributed by atoms with Gasteiger partial charge >= 0.3 is 16.3 Å². The largest absolute Gasteiger partial charge is 0.466 e.